The highest BCUT2D eigenvalue weighted by atomic mass is 35.5. The van der Waals surface area contributed by atoms with Crippen LogP contribution in [0, 0.1) is 0 Å². The average molecular weight is 317 g/mol. The Morgan fingerprint density at radius 1 is 1.16 bits per heavy atom. The minimum atomic E-state index is 0.0391. The van der Waals surface area contributed by atoms with Gasteiger partial charge < -0.3 is 5.32 Å². The number of halogens is 3. The van der Waals surface area contributed by atoms with Crippen LogP contribution < -0.4 is 5.32 Å². The van der Waals surface area contributed by atoms with Crippen LogP contribution in [0.4, 0.5) is 0 Å². The lowest BCUT2D eigenvalue weighted by Gasteiger charge is -2.16. The van der Waals surface area contributed by atoms with E-state index in [4.69, 9.17) is 34.8 Å². The summed E-state index contributed by atoms with van der Waals surface area (Å²) in [6.07, 6.45) is 3.23. The van der Waals surface area contributed by atoms with Gasteiger partial charge in [-0.1, -0.05) is 40.9 Å². The molecule has 19 heavy (non-hydrogen) atoms. The van der Waals surface area contributed by atoms with Crippen LogP contribution in [0.5, 0.6) is 0 Å². The minimum absolute atomic E-state index is 0.0391. The number of hydrogen-bond acceptors (Lipinski definition) is 3. The summed E-state index contributed by atoms with van der Waals surface area (Å²) in [6.45, 7) is 2.63. The minimum Gasteiger partial charge on any atom is -0.305 e. The predicted octanol–water partition coefficient (Wildman–Crippen LogP) is 4.29. The number of hydrogen-bond donors (Lipinski definition) is 1. The maximum absolute atomic E-state index is 6.19. The summed E-state index contributed by atoms with van der Waals surface area (Å²) >= 11 is 18.1. The normalized spacial score (nSPS) is 12.4. The van der Waals surface area contributed by atoms with Crippen molar-refractivity contribution < 1.29 is 0 Å². The second-order valence-electron chi connectivity index (χ2n) is 4.07. The van der Waals surface area contributed by atoms with Crippen LogP contribution in [0.1, 0.15) is 24.2 Å². The summed E-state index contributed by atoms with van der Waals surface area (Å²) in [5.41, 5.74) is 1.82. The highest BCUT2D eigenvalue weighted by Gasteiger charge is 2.14. The molecule has 1 atom stereocenters. The van der Waals surface area contributed by atoms with E-state index in [1.165, 1.54) is 6.33 Å². The van der Waals surface area contributed by atoms with Crippen LogP contribution in [0.2, 0.25) is 15.1 Å². The van der Waals surface area contributed by atoms with Crippen LogP contribution in [0.3, 0.4) is 0 Å². The van der Waals surface area contributed by atoms with E-state index in [1.807, 2.05) is 19.1 Å². The first-order valence-electron chi connectivity index (χ1n) is 5.71. The number of nitrogens with one attached hydrogen (secondary N) is 1. The summed E-state index contributed by atoms with van der Waals surface area (Å²) in [7, 11) is 0. The Labute approximate surface area is 126 Å². The van der Waals surface area contributed by atoms with Gasteiger partial charge in [-0.25, -0.2) is 9.97 Å². The predicted molar refractivity (Wildman–Crippen MR) is 78.8 cm³/mol. The molecule has 0 spiro atoms. The number of nitrogens with zero attached hydrogens (tertiary/aromatic N) is 2. The molecule has 1 heterocycles. The SMILES string of the molecule is CC(NCc1ccncn1)c1ccc(Cl)c(Cl)c1Cl. The molecule has 0 bridgehead atoms. The zero-order valence-corrected chi connectivity index (χ0v) is 12.5. The molecule has 100 valence electrons. The van der Waals surface area contributed by atoms with Gasteiger partial charge in [-0.05, 0) is 24.6 Å². The van der Waals surface area contributed by atoms with Gasteiger partial charge in [0.2, 0.25) is 0 Å². The van der Waals surface area contributed by atoms with Crippen molar-refractivity contribution in [1.29, 1.82) is 0 Å². The van der Waals surface area contributed by atoms with E-state index in [0.29, 0.717) is 21.6 Å². The van der Waals surface area contributed by atoms with Gasteiger partial charge in [-0.3, -0.25) is 0 Å². The molecular weight excluding hydrogens is 305 g/mol. The second-order valence-corrected chi connectivity index (χ2v) is 5.23. The molecule has 1 aromatic carbocycles. The quantitative estimate of drug-likeness (QED) is 0.855. The van der Waals surface area contributed by atoms with E-state index in [1.54, 1.807) is 12.3 Å². The van der Waals surface area contributed by atoms with E-state index in [-0.39, 0.29) is 6.04 Å². The van der Waals surface area contributed by atoms with Gasteiger partial charge in [0.15, 0.2) is 0 Å². The highest BCUT2D eigenvalue weighted by Crippen LogP contribution is 2.35. The Hall–Kier alpha value is -0.870. The molecule has 2 aromatic rings. The van der Waals surface area contributed by atoms with E-state index in [2.05, 4.69) is 15.3 Å². The lowest BCUT2D eigenvalue weighted by atomic mass is 10.1. The molecule has 0 saturated heterocycles. The van der Waals surface area contributed by atoms with Gasteiger partial charge in [0, 0.05) is 18.8 Å². The molecule has 0 saturated carbocycles. The summed E-state index contributed by atoms with van der Waals surface area (Å²) in [5.74, 6) is 0. The molecule has 2 rings (SSSR count). The molecule has 0 aliphatic heterocycles. The third kappa shape index (κ3) is 3.57. The molecule has 0 amide bonds. The molecule has 0 radical (unpaired) electrons. The second kappa shape index (κ2) is 6.53. The maximum atomic E-state index is 6.19. The maximum Gasteiger partial charge on any atom is 0.115 e. The number of rotatable bonds is 4. The Kier molecular flexibility index (Phi) is 4.99. The van der Waals surface area contributed by atoms with Gasteiger partial charge in [0.1, 0.15) is 6.33 Å². The molecule has 1 unspecified atom stereocenters. The third-order valence-electron chi connectivity index (χ3n) is 2.76. The van der Waals surface area contributed by atoms with E-state index < -0.39 is 0 Å². The first-order valence-corrected chi connectivity index (χ1v) is 6.84. The Balaban J connectivity index is 2.08. The zero-order chi connectivity index (χ0) is 13.8. The van der Waals surface area contributed by atoms with Crippen LogP contribution in [-0.2, 0) is 6.54 Å². The molecule has 0 aliphatic carbocycles. The van der Waals surface area contributed by atoms with Crippen LogP contribution in [-0.4, -0.2) is 9.97 Å². The molecule has 3 nitrogen and oxygen atoms in total. The zero-order valence-electron chi connectivity index (χ0n) is 10.2. The van der Waals surface area contributed by atoms with Crippen LogP contribution >= 0.6 is 34.8 Å². The Bertz CT molecular complexity index is 561. The fraction of sp³-hybridized carbons (Fsp3) is 0.231. The summed E-state index contributed by atoms with van der Waals surface area (Å²) in [5, 5.41) is 4.65. The van der Waals surface area contributed by atoms with Gasteiger partial charge in [0.05, 0.1) is 20.8 Å². The van der Waals surface area contributed by atoms with Crippen molar-refractivity contribution in [3.63, 3.8) is 0 Å². The molecule has 0 fully saturated rings. The largest absolute Gasteiger partial charge is 0.305 e. The fourth-order valence-electron chi connectivity index (χ4n) is 1.67. The first-order chi connectivity index (χ1) is 9.09. The van der Waals surface area contributed by atoms with Crippen molar-refractivity contribution in [3.8, 4) is 0 Å². The number of aromatic nitrogens is 2. The van der Waals surface area contributed by atoms with Crippen molar-refractivity contribution >= 4 is 34.8 Å². The van der Waals surface area contributed by atoms with E-state index >= 15 is 0 Å². The van der Waals surface area contributed by atoms with Gasteiger partial charge in [0.25, 0.3) is 0 Å². The van der Waals surface area contributed by atoms with Crippen LogP contribution in [0.15, 0.2) is 30.7 Å². The third-order valence-corrected chi connectivity index (χ3v) is 4.07. The monoisotopic (exact) mass is 315 g/mol. The highest BCUT2D eigenvalue weighted by molar-refractivity contribution is 6.48. The summed E-state index contributed by atoms with van der Waals surface area (Å²) in [6, 6.07) is 5.51. The molecule has 1 N–H and O–H groups in total. The standard InChI is InChI=1S/C13H12Cl3N3/c1-8(18-6-9-4-5-17-7-19-9)10-2-3-11(14)13(16)12(10)15/h2-5,7-8,18H,6H2,1H3. The first kappa shape index (κ1) is 14.5. The topological polar surface area (TPSA) is 37.8 Å². The Morgan fingerprint density at radius 2 is 1.95 bits per heavy atom. The van der Waals surface area contributed by atoms with Gasteiger partial charge in [-0.15, -0.1) is 0 Å². The van der Waals surface area contributed by atoms with Crippen molar-refractivity contribution in [3.05, 3.63) is 57.0 Å². The number of benzene rings is 1. The van der Waals surface area contributed by atoms with E-state index in [0.717, 1.165) is 11.3 Å². The van der Waals surface area contributed by atoms with Crippen molar-refractivity contribution in [2.45, 2.75) is 19.5 Å². The van der Waals surface area contributed by atoms with E-state index in [9.17, 15) is 0 Å². The molecule has 1 aromatic heterocycles. The average Bonchev–Trinajstić information content (AvgIpc) is 2.43. The molecule has 0 aliphatic rings. The van der Waals surface area contributed by atoms with Crippen molar-refractivity contribution in [2.75, 3.05) is 0 Å². The van der Waals surface area contributed by atoms with Crippen LogP contribution in [0.25, 0.3) is 0 Å². The Morgan fingerprint density at radius 3 is 2.63 bits per heavy atom. The lowest BCUT2D eigenvalue weighted by Crippen LogP contribution is -2.19. The van der Waals surface area contributed by atoms with Crippen molar-refractivity contribution in [2.24, 2.45) is 0 Å². The van der Waals surface area contributed by atoms with Crippen molar-refractivity contribution in [1.82, 2.24) is 15.3 Å². The van der Waals surface area contributed by atoms with Gasteiger partial charge in [-0.2, -0.15) is 0 Å². The smallest absolute Gasteiger partial charge is 0.115 e. The molecular formula is C13H12Cl3N3. The fourth-order valence-corrected chi connectivity index (χ4v) is 2.37. The summed E-state index contributed by atoms with van der Waals surface area (Å²) < 4.78 is 0. The lowest BCUT2D eigenvalue weighted by molar-refractivity contribution is 0.567. The summed E-state index contributed by atoms with van der Waals surface area (Å²) in [4.78, 5) is 8.02. The van der Waals surface area contributed by atoms with Gasteiger partial charge >= 0.3 is 0 Å². The molecule has 6 heteroatoms.